The molecule has 0 unspecified atom stereocenters. The van der Waals surface area contributed by atoms with E-state index in [0.717, 1.165) is 23.1 Å². The van der Waals surface area contributed by atoms with Crippen LogP contribution in [-0.4, -0.2) is 20.9 Å². The molecule has 4 nitrogen and oxygen atoms in total. The Morgan fingerprint density at radius 1 is 1.22 bits per heavy atom. The minimum absolute atomic E-state index is 0.590. The van der Waals surface area contributed by atoms with E-state index in [-0.39, 0.29) is 0 Å². The lowest BCUT2D eigenvalue weighted by Crippen LogP contribution is -1.92. The molecule has 4 heteroatoms. The van der Waals surface area contributed by atoms with Crippen molar-refractivity contribution >= 4 is 11.8 Å². The van der Waals surface area contributed by atoms with Crippen molar-refractivity contribution in [2.45, 2.75) is 6.92 Å². The Morgan fingerprint density at radius 3 is 2.72 bits per heavy atom. The number of hydrogen-bond donors (Lipinski definition) is 0. The zero-order valence-electron chi connectivity index (χ0n) is 9.87. The van der Waals surface area contributed by atoms with Crippen LogP contribution < -0.4 is 0 Å². The van der Waals surface area contributed by atoms with E-state index in [0.29, 0.717) is 11.3 Å². The maximum atomic E-state index is 11.3. The molecule has 1 aromatic carbocycles. The third-order valence-electron chi connectivity index (χ3n) is 2.93. The molecule has 2 aromatic heterocycles. The summed E-state index contributed by atoms with van der Waals surface area (Å²) in [7, 11) is 0. The second-order valence-corrected chi connectivity index (χ2v) is 4.05. The normalized spacial score (nSPS) is 10.7. The summed E-state index contributed by atoms with van der Waals surface area (Å²) >= 11 is 0. The summed E-state index contributed by atoms with van der Waals surface area (Å²) in [5, 5.41) is 4.46. The Bertz CT molecular complexity index is 716. The van der Waals surface area contributed by atoms with E-state index in [9.17, 15) is 4.79 Å². The van der Waals surface area contributed by atoms with Crippen LogP contribution in [0.25, 0.3) is 16.8 Å². The number of aromatic nitrogens is 3. The predicted octanol–water partition coefficient (Wildman–Crippen LogP) is 2.52. The Hall–Kier alpha value is -2.49. The van der Waals surface area contributed by atoms with Crippen molar-refractivity contribution in [3.63, 3.8) is 0 Å². The monoisotopic (exact) mass is 237 g/mol. The molecule has 0 spiro atoms. The Kier molecular flexibility index (Phi) is 2.41. The van der Waals surface area contributed by atoms with E-state index in [4.69, 9.17) is 0 Å². The van der Waals surface area contributed by atoms with Gasteiger partial charge in [0.25, 0.3) is 0 Å². The number of rotatable bonds is 2. The molecule has 0 aliphatic heterocycles. The molecule has 0 aliphatic carbocycles. The molecular weight excluding hydrogens is 226 g/mol. The lowest BCUT2D eigenvalue weighted by Gasteiger charge is -1.96. The van der Waals surface area contributed by atoms with Gasteiger partial charge in [-0.05, 0) is 6.92 Å². The van der Waals surface area contributed by atoms with Gasteiger partial charge in [-0.15, -0.1) is 0 Å². The lowest BCUT2D eigenvalue weighted by atomic mass is 10.1. The summed E-state index contributed by atoms with van der Waals surface area (Å²) in [5.41, 5.74) is 3.79. The Morgan fingerprint density at radius 2 is 2.00 bits per heavy atom. The quantitative estimate of drug-likeness (QED) is 0.643. The maximum absolute atomic E-state index is 11.3. The highest BCUT2D eigenvalue weighted by Gasteiger charge is 2.15. The summed E-state index contributed by atoms with van der Waals surface area (Å²) in [4.78, 5) is 15.6. The van der Waals surface area contributed by atoms with Crippen LogP contribution in [0.1, 0.15) is 16.1 Å². The van der Waals surface area contributed by atoms with Crippen molar-refractivity contribution in [3.8, 4) is 11.3 Å². The molecule has 0 N–H and O–H groups in total. The molecule has 0 fully saturated rings. The highest BCUT2D eigenvalue weighted by atomic mass is 16.1. The molecule has 0 saturated heterocycles. The van der Waals surface area contributed by atoms with Gasteiger partial charge in [0, 0.05) is 18.0 Å². The fourth-order valence-electron chi connectivity index (χ4n) is 2.11. The molecule has 0 saturated carbocycles. The summed E-state index contributed by atoms with van der Waals surface area (Å²) in [5.74, 6) is 0. The molecule has 0 bridgehead atoms. The van der Waals surface area contributed by atoms with Crippen LogP contribution in [0.15, 0.2) is 42.7 Å². The lowest BCUT2D eigenvalue weighted by molar-refractivity contribution is 0.112. The number of nitrogens with zero attached hydrogens (tertiary/aromatic N) is 3. The van der Waals surface area contributed by atoms with Crippen LogP contribution in [0.3, 0.4) is 0 Å². The number of benzene rings is 1. The smallest absolute Gasteiger partial charge is 0.154 e. The van der Waals surface area contributed by atoms with Gasteiger partial charge in [0.2, 0.25) is 0 Å². The Balaban J connectivity index is 2.37. The molecule has 18 heavy (non-hydrogen) atoms. The first-order valence-electron chi connectivity index (χ1n) is 5.66. The highest BCUT2D eigenvalue weighted by Crippen LogP contribution is 2.25. The third-order valence-corrected chi connectivity index (χ3v) is 2.93. The predicted molar refractivity (Wildman–Crippen MR) is 68.5 cm³/mol. The zero-order chi connectivity index (χ0) is 12.5. The van der Waals surface area contributed by atoms with Crippen LogP contribution in [0.5, 0.6) is 0 Å². The van der Waals surface area contributed by atoms with Crippen molar-refractivity contribution in [2.24, 2.45) is 0 Å². The molecule has 0 radical (unpaired) electrons. The summed E-state index contributed by atoms with van der Waals surface area (Å²) in [6, 6.07) is 9.68. The van der Waals surface area contributed by atoms with Crippen LogP contribution in [-0.2, 0) is 0 Å². The summed E-state index contributed by atoms with van der Waals surface area (Å²) < 4.78 is 1.70. The van der Waals surface area contributed by atoms with Crippen LogP contribution in [0, 0.1) is 6.92 Å². The van der Waals surface area contributed by atoms with Gasteiger partial charge in [0.05, 0.1) is 16.8 Å². The minimum atomic E-state index is 0.590. The molecular formula is C14H11N3O. The molecule has 3 aromatic rings. The molecule has 88 valence electrons. The average Bonchev–Trinajstić information content (AvgIpc) is 2.79. The van der Waals surface area contributed by atoms with Crippen molar-refractivity contribution < 1.29 is 4.79 Å². The second-order valence-electron chi connectivity index (χ2n) is 4.05. The summed E-state index contributed by atoms with van der Waals surface area (Å²) in [6.45, 7) is 1.87. The van der Waals surface area contributed by atoms with Gasteiger partial charge in [-0.2, -0.15) is 5.10 Å². The summed E-state index contributed by atoms with van der Waals surface area (Å²) in [6.07, 6.45) is 4.28. The molecule has 2 heterocycles. The van der Waals surface area contributed by atoms with E-state index in [2.05, 4.69) is 10.1 Å². The number of hydrogen-bond acceptors (Lipinski definition) is 3. The van der Waals surface area contributed by atoms with Gasteiger partial charge in [0.15, 0.2) is 6.29 Å². The SMILES string of the molecule is Cc1nccn2nc(-c3ccccc3)c(C=O)c12. The maximum Gasteiger partial charge on any atom is 0.154 e. The van der Waals surface area contributed by atoms with E-state index in [1.807, 2.05) is 37.3 Å². The van der Waals surface area contributed by atoms with E-state index in [1.54, 1.807) is 16.9 Å². The first-order chi connectivity index (χ1) is 8.81. The van der Waals surface area contributed by atoms with E-state index >= 15 is 0 Å². The number of carbonyl (C=O) groups excluding carboxylic acids is 1. The Labute approximate surface area is 104 Å². The number of aryl methyl sites for hydroxylation is 1. The molecule has 0 aliphatic rings. The number of carbonyl (C=O) groups is 1. The molecule has 3 rings (SSSR count). The largest absolute Gasteiger partial charge is 0.298 e. The third kappa shape index (κ3) is 1.50. The van der Waals surface area contributed by atoms with Crippen molar-refractivity contribution in [3.05, 3.63) is 54.0 Å². The van der Waals surface area contributed by atoms with Crippen molar-refractivity contribution in [1.29, 1.82) is 0 Å². The number of fused-ring (bicyclic) bond motifs is 1. The highest BCUT2D eigenvalue weighted by molar-refractivity contribution is 5.95. The van der Waals surface area contributed by atoms with Gasteiger partial charge in [0.1, 0.15) is 5.69 Å². The fourth-order valence-corrected chi connectivity index (χ4v) is 2.11. The second kappa shape index (κ2) is 4.07. The molecule has 0 atom stereocenters. The number of aldehydes is 1. The van der Waals surface area contributed by atoms with E-state index < -0.39 is 0 Å². The topological polar surface area (TPSA) is 47.3 Å². The molecule has 0 amide bonds. The fraction of sp³-hybridized carbons (Fsp3) is 0.0714. The van der Waals surface area contributed by atoms with Gasteiger partial charge >= 0.3 is 0 Å². The van der Waals surface area contributed by atoms with Gasteiger partial charge < -0.3 is 0 Å². The van der Waals surface area contributed by atoms with Gasteiger partial charge in [-0.3, -0.25) is 9.78 Å². The first-order valence-corrected chi connectivity index (χ1v) is 5.66. The zero-order valence-corrected chi connectivity index (χ0v) is 9.87. The average molecular weight is 237 g/mol. The van der Waals surface area contributed by atoms with Crippen molar-refractivity contribution in [1.82, 2.24) is 14.6 Å². The standard InChI is InChI=1S/C14H11N3O/c1-10-14-12(9-18)13(11-5-3-2-4-6-11)16-17(14)8-7-15-10/h2-9H,1H3. The van der Waals surface area contributed by atoms with Gasteiger partial charge in [-0.25, -0.2) is 4.52 Å². The van der Waals surface area contributed by atoms with Crippen LogP contribution in [0.2, 0.25) is 0 Å². The van der Waals surface area contributed by atoms with E-state index in [1.165, 1.54) is 0 Å². The first kappa shape index (κ1) is 10.7. The van der Waals surface area contributed by atoms with Crippen molar-refractivity contribution in [2.75, 3.05) is 0 Å². The van der Waals surface area contributed by atoms with Crippen LogP contribution in [0.4, 0.5) is 0 Å². The minimum Gasteiger partial charge on any atom is -0.298 e. The van der Waals surface area contributed by atoms with Crippen LogP contribution >= 0.6 is 0 Å². The van der Waals surface area contributed by atoms with Gasteiger partial charge in [-0.1, -0.05) is 30.3 Å².